The fourth-order valence-electron chi connectivity index (χ4n) is 3.03. The molecule has 26 heavy (non-hydrogen) atoms. The fraction of sp³-hybridized carbons (Fsp3) is 0.647. The van der Waals surface area contributed by atoms with E-state index in [0.717, 1.165) is 19.0 Å². The van der Waals surface area contributed by atoms with Crippen molar-refractivity contribution in [1.29, 1.82) is 0 Å². The van der Waals surface area contributed by atoms with E-state index in [4.69, 9.17) is 10.5 Å². The lowest BCUT2D eigenvalue weighted by molar-refractivity contribution is -0.147. The van der Waals surface area contributed by atoms with Gasteiger partial charge in [0.25, 0.3) is 0 Å². The molecule has 0 spiro atoms. The molecule has 0 unspecified atom stereocenters. The van der Waals surface area contributed by atoms with E-state index in [2.05, 4.69) is 20.6 Å². The van der Waals surface area contributed by atoms with Crippen molar-refractivity contribution in [2.75, 3.05) is 18.2 Å². The van der Waals surface area contributed by atoms with Gasteiger partial charge >= 0.3 is 5.97 Å². The highest BCUT2D eigenvalue weighted by atomic mass is 19.1. The standard InChI is InChI=1S/C17H26FN5O3/c1-9(2)13(16(25)26-3)22-15(24)10-4-6-11(7-5-10)21-17-20-8-12(18)14(19)23-17/h8-11,13H,4-7H2,1-3H3,(H,22,24)(H3,19,20,21,23)/t10?,11?,13-/m0/s1. The average molecular weight is 367 g/mol. The zero-order chi connectivity index (χ0) is 19.3. The van der Waals surface area contributed by atoms with Gasteiger partial charge in [0.2, 0.25) is 11.9 Å². The van der Waals surface area contributed by atoms with E-state index in [0.29, 0.717) is 12.8 Å². The number of carbonyl (C=O) groups is 2. The van der Waals surface area contributed by atoms with Gasteiger partial charge in [-0.25, -0.2) is 14.2 Å². The minimum Gasteiger partial charge on any atom is -0.467 e. The molecule has 1 amide bonds. The lowest BCUT2D eigenvalue weighted by atomic mass is 9.85. The highest BCUT2D eigenvalue weighted by molar-refractivity contribution is 5.85. The Morgan fingerprint density at radius 2 is 1.96 bits per heavy atom. The Kier molecular flexibility index (Phi) is 6.70. The van der Waals surface area contributed by atoms with Gasteiger partial charge in [-0.05, 0) is 31.6 Å². The van der Waals surface area contributed by atoms with Crippen LogP contribution in [0.25, 0.3) is 0 Å². The minimum absolute atomic E-state index is 0.0505. The number of nitrogens with one attached hydrogen (secondary N) is 2. The van der Waals surface area contributed by atoms with Gasteiger partial charge in [0.05, 0.1) is 13.3 Å². The molecule has 1 aromatic heterocycles. The Labute approximate surface area is 152 Å². The summed E-state index contributed by atoms with van der Waals surface area (Å²) in [5.41, 5.74) is 5.44. The molecular formula is C17H26FN5O3. The predicted molar refractivity (Wildman–Crippen MR) is 94.6 cm³/mol. The number of hydrogen-bond donors (Lipinski definition) is 3. The number of amides is 1. The number of halogens is 1. The van der Waals surface area contributed by atoms with Crippen LogP contribution in [0, 0.1) is 17.7 Å². The second-order valence-electron chi connectivity index (χ2n) is 6.87. The molecule has 0 bridgehead atoms. The molecule has 1 aliphatic rings. The van der Waals surface area contributed by atoms with E-state index in [1.807, 2.05) is 13.8 Å². The van der Waals surface area contributed by atoms with Gasteiger partial charge in [0.1, 0.15) is 6.04 Å². The fourth-order valence-corrected chi connectivity index (χ4v) is 3.03. The second kappa shape index (κ2) is 8.77. The van der Waals surface area contributed by atoms with E-state index in [1.165, 1.54) is 7.11 Å². The molecule has 0 saturated heterocycles. The summed E-state index contributed by atoms with van der Waals surface area (Å²) in [5.74, 6) is -1.34. The van der Waals surface area contributed by atoms with E-state index in [1.54, 1.807) is 0 Å². The number of esters is 1. The third kappa shape index (κ3) is 5.03. The van der Waals surface area contributed by atoms with Crippen LogP contribution in [0.1, 0.15) is 39.5 Å². The highest BCUT2D eigenvalue weighted by Crippen LogP contribution is 2.26. The van der Waals surface area contributed by atoms with Crippen molar-refractivity contribution in [2.24, 2.45) is 11.8 Å². The number of nitrogens with two attached hydrogens (primary N) is 1. The highest BCUT2D eigenvalue weighted by Gasteiger charge is 2.31. The maximum absolute atomic E-state index is 13.1. The summed E-state index contributed by atoms with van der Waals surface area (Å²) in [5, 5.41) is 5.92. The lowest BCUT2D eigenvalue weighted by Crippen LogP contribution is -2.48. The first-order chi connectivity index (χ1) is 12.3. The molecule has 1 atom stereocenters. The number of methoxy groups -OCH3 is 1. The molecule has 1 heterocycles. The van der Waals surface area contributed by atoms with Crippen molar-refractivity contribution in [3.05, 3.63) is 12.0 Å². The average Bonchev–Trinajstić information content (AvgIpc) is 2.62. The van der Waals surface area contributed by atoms with Crippen molar-refractivity contribution >= 4 is 23.6 Å². The molecule has 1 saturated carbocycles. The molecule has 8 nitrogen and oxygen atoms in total. The molecule has 1 fully saturated rings. The normalized spacial score (nSPS) is 21.1. The zero-order valence-corrected chi connectivity index (χ0v) is 15.3. The molecule has 2 rings (SSSR count). The first-order valence-electron chi connectivity index (χ1n) is 8.74. The number of rotatable bonds is 6. The zero-order valence-electron chi connectivity index (χ0n) is 15.3. The van der Waals surface area contributed by atoms with Gasteiger partial charge in [-0.15, -0.1) is 0 Å². The van der Waals surface area contributed by atoms with Crippen LogP contribution >= 0.6 is 0 Å². The van der Waals surface area contributed by atoms with Crippen LogP contribution in [-0.2, 0) is 14.3 Å². The molecule has 0 aliphatic heterocycles. The predicted octanol–water partition coefficient (Wildman–Crippen LogP) is 1.48. The monoisotopic (exact) mass is 367 g/mol. The van der Waals surface area contributed by atoms with E-state index < -0.39 is 17.8 Å². The van der Waals surface area contributed by atoms with Gasteiger partial charge in [-0.3, -0.25) is 4.79 Å². The number of nitrogens with zero attached hydrogens (tertiary/aromatic N) is 2. The Bertz CT molecular complexity index is 647. The van der Waals surface area contributed by atoms with Crippen LogP contribution in [0.4, 0.5) is 16.2 Å². The number of nitrogen functional groups attached to an aromatic ring is 1. The number of hydrogen-bond acceptors (Lipinski definition) is 7. The van der Waals surface area contributed by atoms with E-state index in [9.17, 15) is 14.0 Å². The number of aromatic nitrogens is 2. The van der Waals surface area contributed by atoms with Gasteiger partial charge in [-0.1, -0.05) is 13.8 Å². The van der Waals surface area contributed by atoms with Gasteiger partial charge in [0, 0.05) is 12.0 Å². The first-order valence-corrected chi connectivity index (χ1v) is 8.74. The minimum atomic E-state index is -0.652. The third-order valence-electron chi connectivity index (χ3n) is 4.62. The Balaban J connectivity index is 1.86. The summed E-state index contributed by atoms with van der Waals surface area (Å²) < 4.78 is 17.9. The number of anilines is 2. The third-order valence-corrected chi connectivity index (χ3v) is 4.62. The molecule has 0 aromatic carbocycles. The van der Waals surface area contributed by atoms with Crippen molar-refractivity contribution < 1.29 is 18.7 Å². The van der Waals surface area contributed by atoms with Crippen LogP contribution < -0.4 is 16.4 Å². The lowest BCUT2D eigenvalue weighted by Gasteiger charge is -2.30. The molecule has 4 N–H and O–H groups in total. The van der Waals surface area contributed by atoms with E-state index in [-0.39, 0.29) is 35.6 Å². The van der Waals surface area contributed by atoms with Gasteiger partial charge < -0.3 is 21.1 Å². The van der Waals surface area contributed by atoms with Crippen molar-refractivity contribution in [1.82, 2.24) is 15.3 Å². The Hall–Kier alpha value is -2.45. The van der Waals surface area contributed by atoms with Crippen LogP contribution in [-0.4, -0.2) is 41.0 Å². The Morgan fingerprint density at radius 1 is 1.31 bits per heavy atom. The van der Waals surface area contributed by atoms with E-state index >= 15 is 0 Å². The number of ether oxygens (including phenoxy) is 1. The molecule has 9 heteroatoms. The first kappa shape index (κ1) is 19.9. The summed E-state index contributed by atoms with van der Waals surface area (Å²) in [6.45, 7) is 3.72. The van der Waals surface area contributed by atoms with Crippen LogP contribution in [0.15, 0.2) is 6.20 Å². The molecule has 1 aliphatic carbocycles. The summed E-state index contributed by atoms with van der Waals surface area (Å²) in [4.78, 5) is 32.0. The second-order valence-corrected chi connectivity index (χ2v) is 6.87. The maximum atomic E-state index is 13.1. The molecule has 144 valence electrons. The SMILES string of the molecule is COC(=O)[C@@H](NC(=O)C1CCC(Nc2ncc(F)c(N)n2)CC1)C(C)C. The van der Waals surface area contributed by atoms with Gasteiger partial charge in [-0.2, -0.15) is 4.98 Å². The van der Waals surface area contributed by atoms with Crippen molar-refractivity contribution in [2.45, 2.75) is 51.6 Å². The van der Waals surface area contributed by atoms with Gasteiger partial charge in [0.15, 0.2) is 11.6 Å². The smallest absolute Gasteiger partial charge is 0.328 e. The van der Waals surface area contributed by atoms with Crippen molar-refractivity contribution in [3.8, 4) is 0 Å². The summed E-state index contributed by atoms with van der Waals surface area (Å²) in [6.07, 6.45) is 3.85. The number of carbonyl (C=O) groups excluding carboxylic acids is 2. The molecule has 1 aromatic rings. The van der Waals surface area contributed by atoms with Crippen molar-refractivity contribution in [3.63, 3.8) is 0 Å². The van der Waals surface area contributed by atoms with Crippen LogP contribution in [0.5, 0.6) is 0 Å². The quantitative estimate of drug-likeness (QED) is 0.652. The topological polar surface area (TPSA) is 119 Å². The van der Waals surface area contributed by atoms with Crippen LogP contribution in [0.2, 0.25) is 0 Å². The Morgan fingerprint density at radius 3 is 2.50 bits per heavy atom. The summed E-state index contributed by atoms with van der Waals surface area (Å²) in [6, 6.07) is -0.552. The van der Waals surface area contributed by atoms with Crippen LogP contribution in [0.3, 0.4) is 0 Å². The summed E-state index contributed by atoms with van der Waals surface area (Å²) >= 11 is 0. The maximum Gasteiger partial charge on any atom is 0.328 e. The molecule has 0 radical (unpaired) electrons. The summed E-state index contributed by atoms with van der Waals surface area (Å²) in [7, 11) is 1.31. The molecular weight excluding hydrogens is 341 g/mol. The largest absolute Gasteiger partial charge is 0.467 e.